The van der Waals surface area contributed by atoms with Crippen molar-refractivity contribution in [2.24, 2.45) is 0 Å². The molecule has 0 amide bonds. The third-order valence-electron chi connectivity index (χ3n) is 3.46. The van der Waals surface area contributed by atoms with Crippen LogP contribution < -0.4 is 11.1 Å². The van der Waals surface area contributed by atoms with Gasteiger partial charge >= 0.3 is 0 Å². The fourth-order valence-corrected chi connectivity index (χ4v) is 2.56. The molecule has 17 heavy (non-hydrogen) atoms. The van der Waals surface area contributed by atoms with E-state index in [0.29, 0.717) is 0 Å². The van der Waals surface area contributed by atoms with Gasteiger partial charge in [0.15, 0.2) is 0 Å². The first kappa shape index (κ1) is 12.3. The quantitative estimate of drug-likeness (QED) is 0.780. The third-order valence-corrected chi connectivity index (χ3v) is 3.46. The highest BCUT2D eigenvalue weighted by atomic mass is 19.3. The van der Waals surface area contributed by atoms with Crippen LogP contribution in [0.15, 0.2) is 12.1 Å². The molecule has 4 heteroatoms. The summed E-state index contributed by atoms with van der Waals surface area (Å²) in [5.74, 6) is 0. The van der Waals surface area contributed by atoms with Crippen LogP contribution in [0.1, 0.15) is 36.1 Å². The maximum Gasteiger partial charge on any atom is 0.240 e. The molecule has 1 aromatic carbocycles. The van der Waals surface area contributed by atoms with Crippen molar-refractivity contribution >= 4 is 5.69 Å². The van der Waals surface area contributed by atoms with Crippen LogP contribution in [-0.2, 0) is 6.42 Å². The predicted octanol–water partition coefficient (Wildman–Crippen LogP) is 2.81. The Morgan fingerprint density at radius 1 is 1.47 bits per heavy atom. The number of nitrogens with two attached hydrogens (primary N) is 1. The highest BCUT2D eigenvalue weighted by molar-refractivity contribution is 5.55. The van der Waals surface area contributed by atoms with Gasteiger partial charge in [-0.25, -0.2) is 8.78 Å². The molecule has 2 nitrogen and oxygen atoms in total. The average molecular weight is 240 g/mol. The summed E-state index contributed by atoms with van der Waals surface area (Å²) < 4.78 is 25.1. The van der Waals surface area contributed by atoms with Crippen LogP contribution in [0, 0.1) is 6.92 Å². The van der Waals surface area contributed by atoms with Crippen molar-refractivity contribution in [1.29, 1.82) is 0 Å². The van der Waals surface area contributed by atoms with Crippen molar-refractivity contribution in [2.45, 2.75) is 45.2 Å². The van der Waals surface area contributed by atoms with Gasteiger partial charge < -0.3 is 11.1 Å². The van der Waals surface area contributed by atoms with Gasteiger partial charge in [-0.2, -0.15) is 0 Å². The summed E-state index contributed by atoms with van der Waals surface area (Å²) in [4.78, 5) is 0. The fourth-order valence-electron chi connectivity index (χ4n) is 2.56. The zero-order valence-corrected chi connectivity index (χ0v) is 10.1. The molecule has 0 saturated carbocycles. The highest BCUT2D eigenvalue weighted by Crippen LogP contribution is 2.33. The Morgan fingerprint density at radius 2 is 2.18 bits per heavy atom. The normalized spacial score (nSPS) is 23.8. The number of alkyl halides is 2. The largest absolute Gasteiger partial charge is 0.399 e. The summed E-state index contributed by atoms with van der Waals surface area (Å²) in [6.45, 7) is 3.98. The van der Waals surface area contributed by atoms with E-state index in [2.05, 4.69) is 5.32 Å². The minimum atomic E-state index is -2.29. The molecule has 3 N–H and O–H groups in total. The van der Waals surface area contributed by atoms with Crippen LogP contribution in [0.4, 0.5) is 14.5 Å². The van der Waals surface area contributed by atoms with E-state index >= 15 is 0 Å². The SMILES string of the molecule is Cc1c(N)ccc2c1CC(C)NC2CC(F)F. The number of fused-ring (bicyclic) bond motifs is 1. The molecule has 1 aromatic rings. The third kappa shape index (κ3) is 2.41. The van der Waals surface area contributed by atoms with Crippen LogP contribution in [0.2, 0.25) is 0 Å². The minimum Gasteiger partial charge on any atom is -0.399 e. The van der Waals surface area contributed by atoms with Crippen LogP contribution in [0.25, 0.3) is 0 Å². The monoisotopic (exact) mass is 240 g/mol. The standard InChI is InChI=1S/C13H18F2N2/c1-7-5-10-8(2)11(16)4-3-9(10)12(17-7)6-13(14)15/h3-4,7,12-13,17H,5-6,16H2,1-2H3. The van der Waals surface area contributed by atoms with Gasteiger partial charge in [-0.1, -0.05) is 6.07 Å². The van der Waals surface area contributed by atoms with Crippen LogP contribution >= 0.6 is 0 Å². The number of rotatable bonds is 2. The molecule has 0 aromatic heterocycles. The predicted molar refractivity (Wildman–Crippen MR) is 65.3 cm³/mol. The van der Waals surface area contributed by atoms with Crippen LogP contribution in [0.5, 0.6) is 0 Å². The summed E-state index contributed by atoms with van der Waals surface area (Å²) >= 11 is 0. The Kier molecular flexibility index (Phi) is 3.33. The molecule has 2 atom stereocenters. The van der Waals surface area contributed by atoms with E-state index in [9.17, 15) is 8.78 Å². The first-order chi connectivity index (χ1) is 7.99. The Morgan fingerprint density at radius 3 is 2.82 bits per heavy atom. The molecule has 0 aliphatic carbocycles. The van der Waals surface area contributed by atoms with Gasteiger partial charge in [0.05, 0.1) is 0 Å². The van der Waals surface area contributed by atoms with Gasteiger partial charge in [-0.15, -0.1) is 0 Å². The Bertz CT molecular complexity index is 418. The Labute approximate surface area is 100 Å². The van der Waals surface area contributed by atoms with E-state index in [0.717, 1.165) is 28.8 Å². The summed E-state index contributed by atoms with van der Waals surface area (Å²) in [6, 6.07) is 3.65. The summed E-state index contributed by atoms with van der Waals surface area (Å²) in [7, 11) is 0. The van der Waals surface area contributed by atoms with Gasteiger partial charge in [0.2, 0.25) is 6.43 Å². The molecule has 0 fully saturated rings. The minimum absolute atomic E-state index is 0.138. The molecule has 1 heterocycles. The van der Waals surface area contributed by atoms with Crippen LogP contribution in [0.3, 0.4) is 0 Å². The molecule has 0 radical (unpaired) electrons. The molecule has 94 valence electrons. The summed E-state index contributed by atoms with van der Waals surface area (Å²) in [5.41, 5.74) is 9.77. The number of nitrogens with one attached hydrogen (secondary N) is 1. The van der Waals surface area contributed by atoms with Gasteiger partial charge in [0, 0.05) is 24.2 Å². The first-order valence-electron chi connectivity index (χ1n) is 5.91. The lowest BCUT2D eigenvalue weighted by molar-refractivity contribution is 0.118. The summed E-state index contributed by atoms with van der Waals surface area (Å²) in [6.07, 6.45) is -1.57. The molecule has 0 spiro atoms. The second kappa shape index (κ2) is 4.61. The molecular formula is C13H18F2N2. The number of anilines is 1. The van der Waals surface area contributed by atoms with Crippen molar-refractivity contribution in [2.75, 3.05) is 5.73 Å². The van der Waals surface area contributed by atoms with Crippen molar-refractivity contribution < 1.29 is 8.78 Å². The van der Waals surface area contributed by atoms with E-state index in [1.807, 2.05) is 26.0 Å². The zero-order chi connectivity index (χ0) is 12.6. The number of hydrogen-bond acceptors (Lipinski definition) is 2. The molecule has 0 bridgehead atoms. The first-order valence-corrected chi connectivity index (χ1v) is 5.91. The van der Waals surface area contributed by atoms with E-state index < -0.39 is 6.43 Å². The zero-order valence-electron chi connectivity index (χ0n) is 10.1. The smallest absolute Gasteiger partial charge is 0.240 e. The molecule has 1 aliphatic rings. The average Bonchev–Trinajstić information content (AvgIpc) is 2.23. The number of hydrogen-bond donors (Lipinski definition) is 2. The van der Waals surface area contributed by atoms with Gasteiger partial charge in [-0.3, -0.25) is 0 Å². The Hall–Kier alpha value is -1.16. The van der Waals surface area contributed by atoms with Gasteiger partial charge in [0.1, 0.15) is 0 Å². The second-order valence-electron chi connectivity index (χ2n) is 4.80. The lowest BCUT2D eigenvalue weighted by Gasteiger charge is -2.32. The fraction of sp³-hybridized carbons (Fsp3) is 0.538. The number of benzene rings is 1. The van der Waals surface area contributed by atoms with E-state index in [1.54, 1.807) is 0 Å². The number of nitrogen functional groups attached to an aromatic ring is 1. The lowest BCUT2D eigenvalue weighted by Crippen LogP contribution is -2.38. The highest BCUT2D eigenvalue weighted by Gasteiger charge is 2.27. The van der Waals surface area contributed by atoms with Crippen molar-refractivity contribution in [3.63, 3.8) is 0 Å². The van der Waals surface area contributed by atoms with Crippen LogP contribution in [-0.4, -0.2) is 12.5 Å². The van der Waals surface area contributed by atoms with Crippen molar-refractivity contribution in [1.82, 2.24) is 5.32 Å². The topological polar surface area (TPSA) is 38.0 Å². The Balaban J connectivity index is 2.40. The molecule has 2 unspecified atom stereocenters. The summed E-state index contributed by atoms with van der Waals surface area (Å²) in [5, 5.41) is 3.23. The maximum absolute atomic E-state index is 12.6. The van der Waals surface area contributed by atoms with Gasteiger partial charge in [-0.05, 0) is 43.0 Å². The molecule has 1 aliphatic heterocycles. The lowest BCUT2D eigenvalue weighted by atomic mass is 9.86. The van der Waals surface area contributed by atoms with Crippen molar-refractivity contribution in [3.8, 4) is 0 Å². The maximum atomic E-state index is 12.6. The molecular weight excluding hydrogens is 222 g/mol. The van der Waals surface area contributed by atoms with E-state index in [-0.39, 0.29) is 18.5 Å². The van der Waals surface area contributed by atoms with E-state index in [4.69, 9.17) is 5.73 Å². The van der Waals surface area contributed by atoms with Crippen molar-refractivity contribution in [3.05, 3.63) is 28.8 Å². The number of halogens is 2. The molecule has 0 saturated heterocycles. The van der Waals surface area contributed by atoms with E-state index in [1.165, 1.54) is 0 Å². The molecule has 2 rings (SSSR count). The second-order valence-corrected chi connectivity index (χ2v) is 4.80. The van der Waals surface area contributed by atoms with Gasteiger partial charge in [0.25, 0.3) is 0 Å².